The summed E-state index contributed by atoms with van der Waals surface area (Å²) in [5.74, 6) is 0.212. The molecule has 1 fully saturated rings. The number of thioether (sulfide) groups is 1. The molecule has 2 aliphatic heterocycles. The van der Waals surface area contributed by atoms with E-state index in [9.17, 15) is 14.4 Å². The first kappa shape index (κ1) is 21.2. The molecule has 162 valence electrons. The molecule has 2 aromatic carbocycles. The molecule has 1 unspecified atom stereocenters. The van der Waals surface area contributed by atoms with Crippen LogP contribution < -0.4 is 15.0 Å². The predicted octanol–water partition coefficient (Wildman–Crippen LogP) is 3.20. The van der Waals surface area contributed by atoms with Gasteiger partial charge in [-0.1, -0.05) is 36.0 Å². The van der Waals surface area contributed by atoms with Crippen molar-refractivity contribution in [3.63, 3.8) is 0 Å². The molecule has 0 aliphatic carbocycles. The summed E-state index contributed by atoms with van der Waals surface area (Å²) >= 11 is 1.03. The molecule has 4 rings (SSSR count). The number of ether oxygens (including phenoxy) is 2. The molecule has 1 atom stereocenters. The van der Waals surface area contributed by atoms with Gasteiger partial charge in [0.05, 0.1) is 29.7 Å². The van der Waals surface area contributed by atoms with Crippen molar-refractivity contribution in [2.75, 3.05) is 31.2 Å². The summed E-state index contributed by atoms with van der Waals surface area (Å²) in [6, 6.07) is 13.3. The number of esters is 1. The number of carbonyl (C=O) groups is 3. The van der Waals surface area contributed by atoms with E-state index in [1.165, 1.54) is 0 Å². The fourth-order valence-corrected chi connectivity index (χ4v) is 4.73. The van der Waals surface area contributed by atoms with Gasteiger partial charge in [0.2, 0.25) is 5.91 Å². The Labute approximate surface area is 185 Å². The lowest BCUT2D eigenvalue weighted by Crippen LogP contribution is -2.27. The van der Waals surface area contributed by atoms with Gasteiger partial charge in [0, 0.05) is 6.54 Å². The number of hydrogen-bond donors (Lipinski definition) is 1. The number of hydrogen-bond acceptors (Lipinski definition) is 7. The Balaban J connectivity index is 1.32. The van der Waals surface area contributed by atoms with Gasteiger partial charge in [0.15, 0.2) is 0 Å². The number of nitrogens with zero attached hydrogens (tertiary/aromatic N) is 1. The number of benzene rings is 2. The Hall–Kier alpha value is -3.00. The highest BCUT2D eigenvalue weighted by atomic mass is 32.2. The lowest BCUT2D eigenvalue weighted by Gasteiger charge is -2.22. The zero-order chi connectivity index (χ0) is 21.8. The second-order valence-corrected chi connectivity index (χ2v) is 8.53. The standard InChI is InChI=1S/C23H24N2O5S/c1-2-29-22(27)18-5-3-4-16-10-11-25(20(16)18)12-13-30-17-8-6-15(7-9-17)14-19-21(26)24-23(28)31-19/h3-9,19H,2,10-14H2,1H3,(H,24,26,28). The summed E-state index contributed by atoms with van der Waals surface area (Å²) in [4.78, 5) is 37.5. The highest BCUT2D eigenvalue weighted by Gasteiger charge is 2.31. The lowest BCUT2D eigenvalue weighted by molar-refractivity contribution is -0.118. The Kier molecular flexibility index (Phi) is 6.46. The van der Waals surface area contributed by atoms with Crippen LogP contribution in [0.4, 0.5) is 10.5 Å². The first-order valence-electron chi connectivity index (χ1n) is 10.3. The molecule has 0 aromatic heterocycles. The van der Waals surface area contributed by atoms with Crippen LogP contribution in [0.25, 0.3) is 0 Å². The molecule has 2 heterocycles. The van der Waals surface area contributed by atoms with Crippen molar-refractivity contribution >= 4 is 34.6 Å². The maximum atomic E-state index is 12.3. The van der Waals surface area contributed by atoms with Crippen molar-refractivity contribution in [1.82, 2.24) is 5.32 Å². The van der Waals surface area contributed by atoms with Gasteiger partial charge in [-0.05, 0) is 49.1 Å². The molecular weight excluding hydrogens is 416 g/mol. The minimum atomic E-state index is -0.372. The summed E-state index contributed by atoms with van der Waals surface area (Å²) in [6.45, 7) is 4.13. The van der Waals surface area contributed by atoms with E-state index in [0.717, 1.165) is 47.3 Å². The van der Waals surface area contributed by atoms with E-state index in [1.807, 2.05) is 42.5 Å². The summed E-state index contributed by atoms with van der Waals surface area (Å²) in [6.07, 6.45) is 1.40. The monoisotopic (exact) mass is 440 g/mol. The molecule has 1 saturated heterocycles. The highest BCUT2D eigenvalue weighted by Crippen LogP contribution is 2.32. The third-order valence-electron chi connectivity index (χ3n) is 5.32. The smallest absolute Gasteiger partial charge is 0.340 e. The van der Waals surface area contributed by atoms with E-state index >= 15 is 0 Å². The fraction of sp³-hybridized carbons (Fsp3) is 0.348. The Bertz CT molecular complexity index is 992. The number of anilines is 1. The van der Waals surface area contributed by atoms with E-state index in [4.69, 9.17) is 9.47 Å². The second-order valence-electron chi connectivity index (χ2n) is 7.35. The average Bonchev–Trinajstić information content (AvgIpc) is 3.31. The quantitative estimate of drug-likeness (QED) is 0.631. The van der Waals surface area contributed by atoms with Gasteiger partial charge in [0.1, 0.15) is 12.4 Å². The molecule has 2 aliphatic rings. The number of fused-ring (bicyclic) bond motifs is 1. The topological polar surface area (TPSA) is 84.9 Å². The number of rotatable bonds is 8. The van der Waals surface area contributed by atoms with Gasteiger partial charge in [-0.25, -0.2) is 4.79 Å². The van der Waals surface area contributed by atoms with Crippen LogP contribution in [0.2, 0.25) is 0 Å². The number of para-hydroxylation sites is 1. The first-order chi connectivity index (χ1) is 15.0. The van der Waals surface area contributed by atoms with Gasteiger partial charge in [-0.3, -0.25) is 14.9 Å². The van der Waals surface area contributed by atoms with Gasteiger partial charge in [-0.15, -0.1) is 0 Å². The van der Waals surface area contributed by atoms with E-state index in [-0.39, 0.29) is 22.4 Å². The van der Waals surface area contributed by atoms with E-state index < -0.39 is 0 Å². The van der Waals surface area contributed by atoms with Crippen molar-refractivity contribution in [2.24, 2.45) is 0 Å². The fourth-order valence-electron chi connectivity index (χ4n) is 3.87. The van der Waals surface area contributed by atoms with Gasteiger partial charge in [-0.2, -0.15) is 0 Å². The van der Waals surface area contributed by atoms with E-state index in [0.29, 0.717) is 31.7 Å². The molecule has 0 spiro atoms. The number of nitrogens with one attached hydrogen (secondary N) is 1. The molecule has 31 heavy (non-hydrogen) atoms. The average molecular weight is 441 g/mol. The van der Waals surface area contributed by atoms with Crippen molar-refractivity contribution in [3.05, 3.63) is 59.2 Å². The minimum Gasteiger partial charge on any atom is -0.492 e. The SMILES string of the molecule is CCOC(=O)c1cccc2c1N(CCOc1ccc(CC3SC(=O)NC3=O)cc1)CC2. The van der Waals surface area contributed by atoms with Gasteiger partial charge >= 0.3 is 5.97 Å². The third kappa shape index (κ3) is 4.85. The molecule has 7 nitrogen and oxygen atoms in total. The van der Waals surface area contributed by atoms with Crippen LogP contribution in [-0.4, -0.2) is 48.7 Å². The molecule has 2 aromatic rings. The molecule has 0 saturated carbocycles. The second kappa shape index (κ2) is 9.43. The molecule has 0 radical (unpaired) electrons. The summed E-state index contributed by atoms with van der Waals surface area (Å²) in [5.41, 5.74) is 3.68. The summed E-state index contributed by atoms with van der Waals surface area (Å²) in [5, 5.41) is 1.65. The molecule has 1 N–H and O–H groups in total. The lowest BCUT2D eigenvalue weighted by atomic mass is 10.1. The van der Waals surface area contributed by atoms with Crippen LogP contribution in [0.3, 0.4) is 0 Å². The molecule has 2 amide bonds. The largest absolute Gasteiger partial charge is 0.492 e. The number of imide groups is 1. The van der Waals surface area contributed by atoms with Gasteiger partial charge in [0.25, 0.3) is 5.24 Å². The molecule has 0 bridgehead atoms. The summed E-state index contributed by atoms with van der Waals surface area (Å²) < 4.78 is 11.1. The van der Waals surface area contributed by atoms with Gasteiger partial charge < -0.3 is 14.4 Å². The van der Waals surface area contributed by atoms with Crippen molar-refractivity contribution in [3.8, 4) is 5.75 Å². The zero-order valence-corrected chi connectivity index (χ0v) is 18.1. The van der Waals surface area contributed by atoms with Crippen LogP contribution in [-0.2, 0) is 22.4 Å². The predicted molar refractivity (Wildman–Crippen MR) is 119 cm³/mol. The highest BCUT2D eigenvalue weighted by molar-refractivity contribution is 8.15. The van der Waals surface area contributed by atoms with E-state index in [1.54, 1.807) is 6.92 Å². The first-order valence-corrected chi connectivity index (χ1v) is 11.2. The van der Waals surface area contributed by atoms with Crippen molar-refractivity contribution in [2.45, 2.75) is 25.0 Å². The Morgan fingerprint density at radius 2 is 2.00 bits per heavy atom. The number of amides is 2. The molecule has 8 heteroatoms. The Morgan fingerprint density at radius 1 is 1.19 bits per heavy atom. The van der Waals surface area contributed by atoms with Crippen LogP contribution in [0.5, 0.6) is 5.75 Å². The Morgan fingerprint density at radius 3 is 2.71 bits per heavy atom. The normalized spacial score (nSPS) is 17.5. The van der Waals surface area contributed by atoms with Crippen LogP contribution in [0.15, 0.2) is 42.5 Å². The third-order valence-corrected chi connectivity index (χ3v) is 6.30. The molecular formula is C23H24N2O5S. The van der Waals surface area contributed by atoms with Crippen LogP contribution >= 0.6 is 11.8 Å². The van der Waals surface area contributed by atoms with Crippen molar-refractivity contribution in [1.29, 1.82) is 0 Å². The van der Waals surface area contributed by atoms with Crippen LogP contribution in [0, 0.1) is 0 Å². The number of carbonyl (C=O) groups excluding carboxylic acids is 3. The van der Waals surface area contributed by atoms with Crippen molar-refractivity contribution < 1.29 is 23.9 Å². The van der Waals surface area contributed by atoms with E-state index in [2.05, 4.69) is 10.2 Å². The minimum absolute atomic E-state index is 0.233. The van der Waals surface area contributed by atoms with Crippen LogP contribution in [0.1, 0.15) is 28.4 Å². The maximum absolute atomic E-state index is 12.3. The maximum Gasteiger partial charge on any atom is 0.340 e. The zero-order valence-electron chi connectivity index (χ0n) is 17.3. The summed E-state index contributed by atoms with van der Waals surface area (Å²) in [7, 11) is 0.